The molecule has 0 fully saturated rings. The molecule has 2 aromatic carbocycles. The Kier molecular flexibility index (Phi) is 2.67. The summed E-state index contributed by atoms with van der Waals surface area (Å²) in [5, 5.41) is 0.688. The topological polar surface area (TPSA) is 30.2 Å². The monoisotopic (exact) mass is 254 g/mol. The summed E-state index contributed by atoms with van der Waals surface area (Å²) in [7, 11) is 0. The van der Waals surface area contributed by atoms with Gasteiger partial charge < -0.3 is 4.42 Å². The van der Waals surface area contributed by atoms with E-state index in [1.165, 1.54) is 19.1 Å². The highest BCUT2D eigenvalue weighted by Gasteiger charge is 2.12. The summed E-state index contributed by atoms with van der Waals surface area (Å²) in [4.78, 5) is 11.6. The number of furan rings is 1. The van der Waals surface area contributed by atoms with Gasteiger partial charge in [0.1, 0.15) is 17.2 Å². The van der Waals surface area contributed by atoms with Gasteiger partial charge in [-0.05, 0) is 31.2 Å². The zero-order chi connectivity index (χ0) is 13.4. The third kappa shape index (κ3) is 2.03. The summed E-state index contributed by atoms with van der Waals surface area (Å²) < 4.78 is 18.8. The number of halogens is 1. The molecule has 0 N–H and O–H groups in total. The van der Waals surface area contributed by atoms with Gasteiger partial charge in [-0.3, -0.25) is 4.79 Å². The first-order valence-electron chi connectivity index (χ1n) is 5.94. The van der Waals surface area contributed by atoms with E-state index in [0.717, 1.165) is 5.56 Å². The molecule has 94 valence electrons. The van der Waals surface area contributed by atoms with Crippen LogP contribution in [-0.2, 0) is 0 Å². The number of benzene rings is 2. The summed E-state index contributed by atoms with van der Waals surface area (Å²) in [6.07, 6.45) is 0. The summed E-state index contributed by atoms with van der Waals surface area (Å²) in [5.74, 6) is 0.244. The average Bonchev–Trinajstić information content (AvgIpc) is 2.81. The molecule has 1 aromatic heterocycles. The van der Waals surface area contributed by atoms with Crippen LogP contribution >= 0.6 is 0 Å². The van der Waals surface area contributed by atoms with Gasteiger partial charge in [-0.2, -0.15) is 0 Å². The molecule has 0 bridgehead atoms. The Bertz CT molecular complexity index is 771. The molecule has 0 aliphatic heterocycles. The van der Waals surface area contributed by atoms with Crippen molar-refractivity contribution in [2.24, 2.45) is 0 Å². The fourth-order valence-corrected chi connectivity index (χ4v) is 2.15. The van der Waals surface area contributed by atoms with Gasteiger partial charge in [-0.25, -0.2) is 4.39 Å². The summed E-state index contributed by atoms with van der Waals surface area (Å²) in [6.45, 7) is 1.52. The average molecular weight is 254 g/mol. The van der Waals surface area contributed by atoms with Crippen molar-refractivity contribution < 1.29 is 13.6 Å². The first-order chi connectivity index (χ1) is 9.15. The van der Waals surface area contributed by atoms with Crippen molar-refractivity contribution in [3.8, 4) is 11.3 Å². The molecule has 0 saturated carbocycles. The van der Waals surface area contributed by atoms with Gasteiger partial charge in [0.05, 0.1) is 0 Å². The standard InChI is InChI=1S/C16H11FO2/c1-10(18)13-4-2-3-5-14(13)16-9-11-8-12(17)6-7-15(11)19-16/h2-9H,1H3. The zero-order valence-corrected chi connectivity index (χ0v) is 10.3. The maximum absolute atomic E-state index is 13.2. The Balaban J connectivity index is 2.22. The molecule has 0 aliphatic carbocycles. The van der Waals surface area contributed by atoms with Gasteiger partial charge in [0.25, 0.3) is 0 Å². The predicted octanol–water partition coefficient (Wildman–Crippen LogP) is 4.44. The fourth-order valence-electron chi connectivity index (χ4n) is 2.15. The van der Waals surface area contributed by atoms with Crippen LogP contribution < -0.4 is 0 Å². The van der Waals surface area contributed by atoms with Gasteiger partial charge >= 0.3 is 0 Å². The molecule has 0 spiro atoms. The molecule has 0 amide bonds. The van der Waals surface area contributed by atoms with E-state index in [0.29, 0.717) is 22.3 Å². The van der Waals surface area contributed by atoms with Crippen LogP contribution in [0, 0.1) is 5.82 Å². The van der Waals surface area contributed by atoms with Crippen LogP contribution in [0.3, 0.4) is 0 Å². The van der Waals surface area contributed by atoms with Crippen molar-refractivity contribution in [2.75, 3.05) is 0 Å². The quantitative estimate of drug-likeness (QED) is 0.633. The predicted molar refractivity (Wildman–Crippen MR) is 71.6 cm³/mol. The fraction of sp³-hybridized carbons (Fsp3) is 0.0625. The molecule has 0 radical (unpaired) electrons. The van der Waals surface area contributed by atoms with Crippen LogP contribution in [0.2, 0.25) is 0 Å². The lowest BCUT2D eigenvalue weighted by Gasteiger charge is -2.02. The van der Waals surface area contributed by atoms with E-state index in [9.17, 15) is 9.18 Å². The Morgan fingerprint density at radius 2 is 1.89 bits per heavy atom. The van der Waals surface area contributed by atoms with E-state index in [4.69, 9.17) is 4.42 Å². The maximum atomic E-state index is 13.2. The Hall–Kier alpha value is -2.42. The van der Waals surface area contributed by atoms with Crippen LogP contribution in [-0.4, -0.2) is 5.78 Å². The summed E-state index contributed by atoms with van der Waals surface area (Å²) >= 11 is 0. The zero-order valence-electron chi connectivity index (χ0n) is 10.3. The smallest absolute Gasteiger partial charge is 0.160 e. The van der Waals surface area contributed by atoms with Gasteiger partial charge in [-0.15, -0.1) is 0 Å². The van der Waals surface area contributed by atoms with Crippen LogP contribution in [0.5, 0.6) is 0 Å². The molecule has 19 heavy (non-hydrogen) atoms. The second-order valence-electron chi connectivity index (χ2n) is 4.39. The van der Waals surface area contributed by atoms with Crippen molar-refractivity contribution in [2.45, 2.75) is 6.92 Å². The molecule has 3 aromatic rings. The highest BCUT2D eigenvalue weighted by atomic mass is 19.1. The van der Waals surface area contributed by atoms with E-state index < -0.39 is 0 Å². The van der Waals surface area contributed by atoms with Crippen LogP contribution in [0.25, 0.3) is 22.3 Å². The van der Waals surface area contributed by atoms with E-state index in [2.05, 4.69) is 0 Å². The number of hydrogen-bond acceptors (Lipinski definition) is 2. The highest BCUT2D eigenvalue weighted by Crippen LogP contribution is 2.30. The van der Waals surface area contributed by atoms with E-state index >= 15 is 0 Å². The SMILES string of the molecule is CC(=O)c1ccccc1-c1cc2cc(F)ccc2o1. The minimum atomic E-state index is -0.306. The van der Waals surface area contributed by atoms with Crippen molar-refractivity contribution in [1.29, 1.82) is 0 Å². The molecule has 0 unspecified atom stereocenters. The number of fused-ring (bicyclic) bond motifs is 1. The lowest BCUT2D eigenvalue weighted by atomic mass is 10.0. The van der Waals surface area contributed by atoms with Crippen LogP contribution in [0.1, 0.15) is 17.3 Å². The van der Waals surface area contributed by atoms with Crippen molar-refractivity contribution in [1.82, 2.24) is 0 Å². The molecule has 0 saturated heterocycles. The molecule has 2 nitrogen and oxygen atoms in total. The molecule has 3 heteroatoms. The van der Waals surface area contributed by atoms with E-state index in [1.54, 1.807) is 18.2 Å². The number of carbonyl (C=O) groups excluding carboxylic acids is 1. The van der Waals surface area contributed by atoms with Gasteiger partial charge in [-0.1, -0.05) is 24.3 Å². The van der Waals surface area contributed by atoms with Gasteiger partial charge in [0, 0.05) is 16.5 Å². The second-order valence-corrected chi connectivity index (χ2v) is 4.39. The van der Waals surface area contributed by atoms with Gasteiger partial charge in [0.2, 0.25) is 0 Å². The molecule has 1 heterocycles. The largest absolute Gasteiger partial charge is 0.456 e. The normalized spacial score (nSPS) is 10.8. The van der Waals surface area contributed by atoms with E-state index in [1.807, 2.05) is 18.2 Å². The molecule has 0 aliphatic rings. The van der Waals surface area contributed by atoms with Gasteiger partial charge in [0.15, 0.2) is 5.78 Å². The lowest BCUT2D eigenvalue weighted by Crippen LogP contribution is -1.94. The number of ketones is 1. The van der Waals surface area contributed by atoms with Crippen LogP contribution in [0.4, 0.5) is 4.39 Å². The van der Waals surface area contributed by atoms with Crippen molar-refractivity contribution in [3.63, 3.8) is 0 Å². The Morgan fingerprint density at radius 3 is 2.68 bits per heavy atom. The molecule has 0 atom stereocenters. The number of Topliss-reactive ketones (excluding diaryl/α,β-unsaturated/α-hetero) is 1. The first kappa shape index (κ1) is 11.7. The van der Waals surface area contributed by atoms with Crippen molar-refractivity contribution in [3.05, 3.63) is 59.9 Å². The first-order valence-corrected chi connectivity index (χ1v) is 5.94. The number of carbonyl (C=O) groups is 1. The summed E-state index contributed by atoms with van der Waals surface area (Å²) in [5.41, 5.74) is 1.93. The highest BCUT2D eigenvalue weighted by molar-refractivity contribution is 6.01. The molecular formula is C16H11FO2. The minimum absolute atomic E-state index is 0.0257. The Morgan fingerprint density at radius 1 is 1.11 bits per heavy atom. The van der Waals surface area contributed by atoms with E-state index in [-0.39, 0.29) is 11.6 Å². The van der Waals surface area contributed by atoms with Crippen molar-refractivity contribution >= 4 is 16.8 Å². The third-order valence-electron chi connectivity index (χ3n) is 3.05. The second kappa shape index (κ2) is 4.35. The minimum Gasteiger partial charge on any atom is -0.456 e. The Labute approximate surface area is 109 Å². The molecule has 3 rings (SSSR count). The number of rotatable bonds is 2. The third-order valence-corrected chi connectivity index (χ3v) is 3.05. The maximum Gasteiger partial charge on any atom is 0.160 e. The molecular weight excluding hydrogens is 243 g/mol. The lowest BCUT2D eigenvalue weighted by molar-refractivity contribution is 0.101. The summed E-state index contributed by atoms with van der Waals surface area (Å²) in [6, 6.07) is 13.3. The number of hydrogen-bond donors (Lipinski definition) is 0. The van der Waals surface area contributed by atoms with Crippen LogP contribution in [0.15, 0.2) is 52.9 Å².